The van der Waals surface area contributed by atoms with Crippen LogP contribution in [0.5, 0.6) is 0 Å². The van der Waals surface area contributed by atoms with Gasteiger partial charge in [0.15, 0.2) is 6.61 Å². The largest absolute Gasteiger partial charge is 0.439 e. The molecule has 1 heterocycles. The Morgan fingerprint density at radius 2 is 2.05 bits per heavy atom. The van der Waals surface area contributed by atoms with Gasteiger partial charge in [-0.25, -0.2) is 9.69 Å². The first-order valence-corrected chi connectivity index (χ1v) is 7.03. The first-order valence-electron chi connectivity index (χ1n) is 7.03. The molecule has 0 spiro atoms. The van der Waals surface area contributed by atoms with Crippen molar-refractivity contribution in [2.75, 3.05) is 6.61 Å². The molecule has 19 heavy (non-hydrogen) atoms. The van der Waals surface area contributed by atoms with Crippen LogP contribution in [0.15, 0.2) is 0 Å². The van der Waals surface area contributed by atoms with Gasteiger partial charge in [0, 0.05) is 6.04 Å². The molecule has 2 rings (SSSR count). The highest BCUT2D eigenvalue weighted by Crippen LogP contribution is 2.43. The van der Waals surface area contributed by atoms with E-state index in [1.54, 1.807) is 0 Å². The molecule has 108 valence electrons. The number of amides is 2. The van der Waals surface area contributed by atoms with Gasteiger partial charge in [0.1, 0.15) is 0 Å². The summed E-state index contributed by atoms with van der Waals surface area (Å²) in [6, 6.07) is -0.235. The number of ether oxygens (including phenoxy) is 1. The van der Waals surface area contributed by atoms with Gasteiger partial charge in [0.25, 0.3) is 5.91 Å². The molecular weight excluding hydrogens is 246 g/mol. The summed E-state index contributed by atoms with van der Waals surface area (Å²) in [7, 11) is 0. The Kier molecular flexibility index (Phi) is 3.85. The van der Waals surface area contributed by atoms with Crippen LogP contribution >= 0.6 is 0 Å². The van der Waals surface area contributed by atoms with Crippen molar-refractivity contribution in [1.82, 2.24) is 4.90 Å². The summed E-state index contributed by atoms with van der Waals surface area (Å²) in [5.74, 6) is -0.0588. The first-order chi connectivity index (χ1) is 8.86. The second-order valence-corrected chi connectivity index (χ2v) is 6.30. The van der Waals surface area contributed by atoms with Crippen LogP contribution in [0.25, 0.3) is 0 Å². The number of carbonyl (C=O) groups is 2. The maximum absolute atomic E-state index is 11.8. The molecule has 0 bridgehead atoms. The molecular formula is C14H23NO4. The molecule has 1 aliphatic carbocycles. The van der Waals surface area contributed by atoms with Crippen molar-refractivity contribution < 1.29 is 19.4 Å². The SMILES string of the molecule is CCC(C)(C)C1CCC(O)CC1N1C(=O)COC1=O. The Morgan fingerprint density at radius 3 is 2.58 bits per heavy atom. The molecule has 5 heteroatoms. The summed E-state index contributed by atoms with van der Waals surface area (Å²) in [6.07, 6.45) is 2.03. The molecule has 3 unspecified atom stereocenters. The van der Waals surface area contributed by atoms with Gasteiger partial charge >= 0.3 is 6.09 Å². The molecule has 1 saturated heterocycles. The van der Waals surface area contributed by atoms with Crippen LogP contribution in [0.3, 0.4) is 0 Å². The first kappa shape index (κ1) is 14.3. The fraction of sp³-hybridized carbons (Fsp3) is 0.857. The number of hydrogen-bond acceptors (Lipinski definition) is 4. The van der Waals surface area contributed by atoms with E-state index in [2.05, 4.69) is 20.8 Å². The molecule has 2 aliphatic rings. The van der Waals surface area contributed by atoms with E-state index in [-0.39, 0.29) is 29.9 Å². The lowest BCUT2D eigenvalue weighted by Gasteiger charge is -2.45. The summed E-state index contributed by atoms with van der Waals surface area (Å²) in [5.41, 5.74) is 0.0357. The van der Waals surface area contributed by atoms with Crippen LogP contribution in [-0.4, -0.2) is 40.8 Å². The minimum Gasteiger partial charge on any atom is -0.439 e. The minimum atomic E-state index is -0.555. The van der Waals surface area contributed by atoms with Gasteiger partial charge in [-0.15, -0.1) is 0 Å². The fourth-order valence-corrected chi connectivity index (χ4v) is 3.27. The monoisotopic (exact) mass is 269 g/mol. The summed E-state index contributed by atoms with van der Waals surface area (Å²) in [5, 5.41) is 9.88. The topological polar surface area (TPSA) is 66.8 Å². The second kappa shape index (κ2) is 5.12. The predicted octanol–water partition coefficient (Wildman–Crippen LogP) is 1.93. The molecule has 3 atom stereocenters. The van der Waals surface area contributed by atoms with Crippen molar-refractivity contribution in [3.63, 3.8) is 0 Å². The van der Waals surface area contributed by atoms with Crippen molar-refractivity contribution >= 4 is 12.0 Å². The number of imide groups is 1. The van der Waals surface area contributed by atoms with Crippen molar-refractivity contribution in [1.29, 1.82) is 0 Å². The summed E-state index contributed by atoms with van der Waals surface area (Å²) >= 11 is 0. The summed E-state index contributed by atoms with van der Waals surface area (Å²) < 4.78 is 4.82. The lowest BCUT2D eigenvalue weighted by Crippen LogP contribution is -2.52. The smallest absolute Gasteiger partial charge is 0.417 e. The number of hydrogen-bond donors (Lipinski definition) is 1. The zero-order valence-electron chi connectivity index (χ0n) is 11.9. The molecule has 2 amide bonds. The summed E-state index contributed by atoms with van der Waals surface area (Å²) in [4.78, 5) is 24.8. The van der Waals surface area contributed by atoms with Crippen molar-refractivity contribution in [3.8, 4) is 0 Å². The Balaban J connectivity index is 2.26. The maximum Gasteiger partial charge on any atom is 0.417 e. The van der Waals surface area contributed by atoms with E-state index in [4.69, 9.17) is 4.74 Å². The third kappa shape index (κ3) is 2.61. The third-order valence-electron chi connectivity index (χ3n) is 4.82. The van der Waals surface area contributed by atoms with Crippen molar-refractivity contribution in [2.45, 2.75) is 58.6 Å². The zero-order valence-corrected chi connectivity index (χ0v) is 11.9. The lowest BCUT2D eigenvalue weighted by molar-refractivity contribution is -0.130. The van der Waals surface area contributed by atoms with Crippen LogP contribution in [0.2, 0.25) is 0 Å². The van der Waals surface area contributed by atoms with Gasteiger partial charge in [-0.2, -0.15) is 0 Å². The van der Waals surface area contributed by atoms with Gasteiger partial charge in [-0.05, 0) is 30.6 Å². The lowest BCUT2D eigenvalue weighted by atomic mass is 9.66. The quantitative estimate of drug-likeness (QED) is 0.850. The van der Waals surface area contributed by atoms with Gasteiger partial charge in [-0.1, -0.05) is 27.2 Å². The predicted molar refractivity (Wildman–Crippen MR) is 69.4 cm³/mol. The molecule has 2 fully saturated rings. The van der Waals surface area contributed by atoms with E-state index >= 15 is 0 Å². The Bertz CT molecular complexity index is 364. The third-order valence-corrected chi connectivity index (χ3v) is 4.82. The minimum absolute atomic E-state index is 0.0357. The molecule has 0 radical (unpaired) electrons. The van der Waals surface area contributed by atoms with Gasteiger partial charge in [-0.3, -0.25) is 4.79 Å². The van der Waals surface area contributed by atoms with E-state index < -0.39 is 12.2 Å². The normalized spacial score (nSPS) is 32.6. The van der Waals surface area contributed by atoms with Crippen molar-refractivity contribution in [3.05, 3.63) is 0 Å². The molecule has 1 saturated carbocycles. The number of aliphatic hydroxyl groups excluding tert-OH is 1. The Labute approximate surface area is 113 Å². The van der Waals surface area contributed by atoms with Crippen LogP contribution in [0.4, 0.5) is 4.79 Å². The standard InChI is InChI=1S/C14H23NO4/c1-4-14(2,3)10-6-5-9(16)7-11(10)15-12(17)8-19-13(15)18/h9-11,16H,4-8H2,1-3H3. The maximum atomic E-state index is 11.8. The summed E-state index contributed by atoms with van der Waals surface area (Å²) in [6.45, 7) is 6.28. The van der Waals surface area contributed by atoms with Gasteiger partial charge in [0.05, 0.1) is 6.10 Å². The number of cyclic esters (lactones) is 1. The number of nitrogens with zero attached hydrogens (tertiary/aromatic N) is 1. The molecule has 1 N–H and O–H groups in total. The second-order valence-electron chi connectivity index (χ2n) is 6.30. The van der Waals surface area contributed by atoms with E-state index in [9.17, 15) is 14.7 Å². The van der Waals surface area contributed by atoms with Crippen molar-refractivity contribution in [2.24, 2.45) is 11.3 Å². The average Bonchev–Trinajstić information content (AvgIpc) is 2.68. The molecule has 1 aliphatic heterocycles. The highest BCUT2D eigenvalue weighted by Gasteiger charge is 2.47. The average molecular weight is 269 g/mol. The molecule has 5 nitrogen and oxygen atoms in total. The molecule has 0 aromatic heterocycles. The van der Waals surface area contributed by atoms with E-state index in [1.807, 2.05) is 0 Å². The van der Waals surface area contributed by atoms with E-state index in [0.717, 1.165) is 19.3 Å². The molecule has 0 aromatic rings. The fourth-order valence-electron chi connectivity index (χ4n) is 3.27. The van der Waals surface area contributed by atoms with Crippen LogP contribution in [0.1, 0.15) is 46.5 Å². The van der Waals surface area contributed by atoms with E-state index in [1.165, 1.54) is 4.90 Å². The van der Waals surface area contributed by atoms with Crippen LogP contribution in [-0.2, 0) is 9.53 Å². The number of rotatable bonds is 3. The van der Waals surface area contributed by atoms with Crippen LogP contribution < -0.4 is 0 Å². The Morgan fingerprint density at radius 1 is 1.37 bits per heavy atom. The van der Waals surface area contributed by atoms with Gasteiger partial charge < -0.3 is 9.84 Å². The highest BCUT2D eigenvalue weighted by molar-refractivity contribution is 5.98. The highest BCUT2D eigenvalue weighted by atomic mass is 16.6. The number of aliphatic hydroxyl groups is 1. The molecule has 0 aromatic carbocycles. The Hall–Kier alpha value is -1.10. The van der Waals surface area contributed by atoms with E-state index in [0.29, 0.717) is 6.42 Å². The van der Waals surface area contributed by atoms with Gasteiger partial charge in [0.2, 0.25) is 0 Å². The number of carbonyl (C=O) groups excluding carboxylic acids is 2. The zero-order chi connectivity index (χ0) is 14.2. The van der Waals surface area contributed by atoms with Crippen LogP contribution in [0, 0.1) is 11.3 Å².